The zero-order valence-electron chi connectivity index (χ0n) is 16.8. The number of nitrogens with zero attached hydrogens (tertiary/aromatic N) is 1. The molecule has 0 saturated carbocycles. The van der Waals surface area contributed by atoms with E-state index in [0.717, 1.165) is 16.5 Å². The van der Waals surface area contributed by atoms with Crippen molar-refractivity contribution in [1.29, 1.82) is 5.26 Å². The number of thioether (sulfide) groups is 1. The number of carbonyl (C=O) groups is 1. The zero-order chi connectivity index (χ0) is 21.0. The van der Waals surface area contributed by atoms with E-state index in [2.05, 4.69) is 16.7 Å². The molecule has 2 heterocycles. The minimum Gasteiger partial charge on any atom is -0.495 e. The molecule has 1 aromatic carbocycles. The Labute approximate surface area is 174 Å². The van der Waals surface area contributed by atoms with Crippen molar-refractivity contribution in [1.82, 2.24) is 5.32 Å². The minimum atomic E-state index is -0.585. The predicted octanol–water partition coefficient (Wildman–Crippen LogP) is 4.68. The first kappa shape index (κ1) is 20.6. The van der Waals surface area contributed by atoms with E-state index in [1.54, 1.807) is 19.2 Å². The maximum absolute atomic E-state index is 13.3. The summed E-state index contributed by atoms with van der Waals surface area (Å²) >= 11 is 1.54. The third kappa shape index (κ3) is 4.17. The van der Waals surface area contributed by atoms with Crippen LogP contribution in [0.5, 0.6) is 5.75 Å². The number of hydrogen-bond donors (Lipinski definition) is 2. The highest BCUT2D eigenvalue weighted by molar-refractivity contribution is 8.03. The van der Waals surface area contributed by atoms with Crippen LogP contribution in [0.25, 0.3) is 0 Å². The molecule has 3 rings (SSSR count). The molecule has 1 atom stereocenters. The molecule has 0 radical (unpaired) electrons. The number of anilines is 1. The summed E-state index contributed by atoms with van der Waals surface area (Å²) in [5.74, 6) is 1.76. The van der Waals surface area contributed by atoms with Crippen molar-refractivity contribution in [2.45, 2.75) is 26.7 Å². The molecule has 1 aliphatic heterocycles. The van der Waals surface area contributed by atoms with Gasteiger partial charge in [-0.1, -0.05) is 19.1 Å². The lowest BCUT2D eigenvalue weighted by molar-refractivity contribution is -0.113. The Balaban J connectivity index is 2.06. The molecule has 0 aliphatic carbocycles. The lowest BCUT2D eigenvalue weighted by Gasteiger charge is -2.28. The molecule has 0 bridgehead atoms. The highest BCUT2D eigenvalue weighted by Gasteiger charge is 2.36. The van der Waals surface area contributed by atoms with Crippen LogP contribution < -0.4 is 15.4 Å². The Morgan fingerprint density at radius 1 is 1.31 bits per heavy atom. The van der Waals surface area contributed by atoms with Crippen LogP contribution >= 0.6 is 11.8 Å². The highest BCUT2D eigenvalue weighted by Crippen LogP contribution is 2.41. The number of aryl methyl sites for hydroxylation is 1. The Hall–Kier alpha value is -3.11. The van der Waals surface area contributed by atoms with Gasteiger partial charge in [0.1, 0.15) is 17.3 Å². The number of benzene rings is 1. The maximum atomic E-state index is 13.3. The molecular weight excluding hydrogens is 386 g/mol. The second-order valence-electron chi connectivity index (χ2n) is 6.49. The van der Waals surface area contributed by atoms with Crippen molar-refractivity contribution >= 4 is 23.4 Å². The molecule has 7 heteroatoms. The average Bonchev–Trinajstić information content (AvgIpc) is 3.14. The van der Waals surface area contributed by atoms with E-state index in [0.29, 0.717) is 34.0 Å². The van der Waals surface area contributed by atoms with Gasteiger partial charge in [0, 0.05) is 5.70 Å². The molecular formula is C22H23N3O3S. The molecule has 1 unspecified atom stereocenters. The number of rotatable bonds is 6. The Bertz CT molecular complexity index is 1030. The number of dihydropyridines is 1. The van der Waals surface area contributed by atoms with Crippen LogP contribution in [0.3, 0.4) is 0 Å². The van der Waals surface area contributed by atoms with Gasteiger partial charge < -0.3 is 19.8 Å². The summed E-state index contributed by atoms with van der Waals surface area (Å²) in [5, 5.41) is 16.8. The molecule has 6 nitrogen and oxygen atoms in total. The summed E-state index contributed by atoms with van der Waals surface area (Å²) < 4.78 is 11.2. The minimum absolute atomic E-state index is 0.313. The quantitative estimate of drug-likeness (QED) is 0.720. The number of nitrogens with one attached hydrogen (secondary N) is 2. The number of methoxy groups -OCH3 is 1. The number of allylic oxidation sites excluding steroid dienone is 2. The number of ether oxygens (including phenoxy) is 1. The molecule has 1 amide bonds. The van der Waals surface area contributed by atoms with E-state index in [1.165, 1.54) is 11.8 Å². The maximum Gasteiger partial charge on any atom is 0.254 e. The van der Waals surface area contributed by atoms with Crippen molar-refractivity contribution in [3.8, 4) is 11.8 Å². The van der Waals surface area contributed by atoms with E-state index in [1.807, 2.05) is 45.0 Å². The SMILES string of the molecule is CCSC1=C(C#N)C(c2ccc(C)o2)C(C(=O)Nc2ccccc2OC)=C(C)N1. The summed E-state index contributed by atoms with van der Waals surface area (Å²) in [6.45, 7) is 5.70. The van der Waals surface area contributed by atoms with Crippen molar-refractivity contribution < 1.29 is 13.9 Å². The standard InChI is InChI=1S/C22H23N3O3S/c1-5-29-22-15(12-23)20(18-11-10-13(2)28-18)19(14(3)24-22)21(26)25-16-8-6-7-9-17(16)27-4/h6-11,20,24H,5H2,1-4H3,(H,25,26). The number of amides is 1. The number of hydrogen-bond acceptors (Lipinski definition) is 6. The third-order valence-electron chi connectivity index (χ3n) is 4.58. The smallest absolute Gasteiger partial charge is 0.254 e. The van der Waals surface area contributed by atoms with E-state index in [9.17, 15) is 10.1 Å². The van der Waals surface area contributed by atoms with Gasteiger partial charge in [-0.25, -0.2) is 0 Å². The van der Waals surface area contributed by atoms with Gasteiger partial charge in [0.15, 0.2) is 0 Å². The van der Waals surface area contributed by atoms with Gasteiger partial charge in [-0.15, -0.1) is 11.8 Å². The summed E-state index contributed by atoms with van der Waals surface area (Å²) in [6.07, 6.45) is 0. The van der Waals surface area contributed by atoms with Crippen molar-refractivity contribution in [2.24, 2.45) is 0 Å². The van der Waals surface area contributed by atoms with Gasteiger partial charge in [0.05, 0.1) is 41.0 Å². The molecule has 0 saturated heterocycles. The van der Waals surface area contributed by atoms with Crippen LogP contribution in [0.4, 0.5) is 5.69 Å². The van der Waals surface area contributed by atoms with Gasteiger partial charge in [0.2, 0.25) is 0 Å². The number of nitriles is 1. The van der Waals surface area contributed by atoms with Gasteiger partial charge in [0.25, 0.3) is 5.91 Å². The summed E-state index contributed by atoms with van der Waals surface area (Å²) in [5.41, 5.74) is 2.17. The van der Waals surface area contributed by atoms with Gasteiger partial charge >= 0.3 is 0 Å². The van der Waals surface area contributed by atoms with Gasteiger partial charge in [-0.3, -0.25) is 4.79 Å². The molecule has 0 spiro atoms. The Morgan fingerprint density at radius 2 is 2.07 bits per heavy atom. The van der Waals surface area contributed by atoms with Crippen molar-refractivity contribution in [3.05, 3.63) is 69.8 Å². The largest absolute Gasteiger partial charge is 0.495 e. The van der Waals surface area contributed by atoms with E-state index < -0.39 is 5.92 Å². The monoisotopic (exact) mass is 409 g/mol. The first-order chi connectivity index (χ1) is 14.0. The van der Waals surface area contributed by atoms with Crippen LogP contribution in [0.15, 0.2) is 62.7 Å². The van der Waals surface area contributed by atoms with Crippen molar-refractivity contribution in [2.75, 3.05) is 18.2 Å². The van der Waals surface area contributed by atoms with Crippen LogP contribution in [-0.4, -0.2) is 18.8 Å². The van der Waals surface area contributed by atoms with Crippen LogP contribution in [0.2, 0.25) is 0 Å². The summed E-state index contributed by atoms with van der Waals surface area (Å²) in [7, 11) is 1.55. The summed E-state index contributed by atoms with van der Waals surface area (Å²) in [4.78, 5) is 13.3. The number of carbonyl (C=O) groups excluding carboxylic acids is 1. The first-order valence-electron chi connectivity index (χ1n) is 9.25. The molecule has 2 N–H and O–H groups in total. The topological polar surface area (TPSA) is 87.3 Å². The van der Waals surface area contributed by atoms with Gasteiger partial charge in [-0.05, 0) is 43.9 Å². The lowest BCUT2D eigenvalue weighted by atomic mass is 9.85. The molecule has 1 aromatic heterocycles. The van der Waals surface area contributed by atoms with E-state index in [-0.39, 0.29) is 5.91 Å². The van der Waals surface area contributed by atoms with Gasteiger partial charge in [-0.2, -0.15) is 5.26 Å². The fourth-order valence-corrected chi connectivity index (χ4v) is 4.14. The second-order valence-corrected chi connectivity index (χ2v) is 7.76. The van der Waals surface area contributed by atoms with Crippen LogP contribution in [0.1, 0.15) is 31.3 Å². The van der Waals surface area contributed by atoms with Crippen molar-refractivity contribution in [3.63, 3.8) is 0 Å². The molecule has 2 aromatic rings. The second kappa shape index (κ2) is 8.93. The molecule has 1 aliphatic rings. The van der Waals surface area contributed by atoms with Crippen LogP contribution in [-0.2, 0) is 4.79 Å². The van der Waals surface area contributed by atoms with E-state index in [4.69, 9.17) is 9.15 Å². The number of furan rings is 1. The average molecular weight is 410 g/mol. The fourth-order valence-electron chi connectivity index (χ4n) is 3.30. The Kier molecular flexibility index (Phi) is 6.35. The molecule has 29 heavy (non-hydrogen) atoms. The van der Waals surface area contributed by atoms with E-state index >= 15 is 0 Å². The zero-order valence-corrected chi connectivity index (χ0v) is 17.6. The normalized spacial score (nSPS) is 16.3. The fraction of sp³-hybridized carbons (Fsp3) is 0.273. The number of para-hydroxylation sites is 2. The molecule has 0 fully saturated rings. The first-order valence-corrected chi connectivity index (χ1v) is 10.2. The predicted molar refractivity (Wildman–Crippen MR) is 114 cm³/mol. The summed E-state index contributed by atoms with van der Waals surface area (Å²) in [6, 6.07) is 13.1. The Morgan fingerprint density at radius 3 is 2.69 bits per heavy atom. The molecule has 150 valence electrons. The highest BCUT2D eigenvalue weighted by atomic mass is 32.2. The lowest BCUT2D eigenvalue weighted by Crippen LogP contribution is -2.30. The van der Waals surface area contributed by atoms with Crippen LogP contribution in [0, 0.1) is 18.3 Å². The third-order valence-corrected chi connectivity index (χ3v) is 5.48.